The van der Waals surface area contributed by atoms with E-state index in [0.717, 1.165) is 6.42 Å². The Morgan fingerprint density at radius 1 is 0.652 bits per heavy atom. The van der Waals surface area contributed by atoms with Crippen LogP contribution in [0.3, 0.4) is 0 Å². The predicted molar refractivity (Wildman–Crippen MR) is 110 cm³/mol. The minimum absolute atomic E-state index is 0.0805. The molecule has 2 atom stereocenters. The molecule has 0 aliphatic heterocycles. The molecular formula is C17H42O3Si3. The summed E-state index contributed by atoms with van der Waals surface area (Å²) in [6, 6.07) is 0. The highest BCUT2D eigenvalue weighted by Crippen LogP contribution is 2.22. The summed E-state index contributed by atoms with van der Waals surface area (Å²) in [7, 11) is -4.78. The molecule has 0 rings (SSSR count). The maximum atomic E-state index is 6.53. The lowest BCUT2D eigenvalue weighted by atomic mass is 10.1. The first-order chi connectivity index (χ1) is 10.2. The molecule has 23 heavy (non-hydrogen) atoms. The predicted octanol–water partition coefficient (Wildman–Crippen LogP) is 5.86. The maximum Gasteiger partial charge on any atom is 0.184 e. The van der Waals surface area contributed by atoms with Gasteiger partial charge in [0.15, 0.2) is 25.0 Å². The van der Waals surface area contributed by atoms with Gasteiger partial charge in [-0.1, -0.05) is 26.2 Å². The third kappa shape index (κ3) is 14.6. The zero-order chi connectivity index (χ0) is 18.3. The van der Waals surface area contributed by atoms with Crippen LogP contribution < -0.4 is 0 Å². The Bertz CT molecular complexity index is 317. The average Bonchev–Trinajstić information content (AvgIpc) is 2.29. The van der Waals surface area contributed by atoms with Crippen LogP contribution >= 0.6 is 0 Å². The molecule has 0 saturated heterocycles. The highest BCUT2D eigenvalue weighted by molar-refractivity contribution is 6.70. The van der Waals surface area contributed by atoms with Crippen LogP contribution in [0, 0.1) is 0 Å². The Morgan fingerprint density at radius 2 is 1.13 bits per heavy atom. The highest BCUT2D eigenvalue weighted by Gasteiger charge is 2.33. The van der Waals surface area contributed by atoms with Crippen LogP contribution in [0.25, 0.3) is 0 Å². The summed E-state index contributed by atoms with van der Waals surface area (Å²) in [4.78, 5) is 0. The molecule has 0 spiro atoms. The molecule has 0 fully saturated rings. The molecule has 0 unspecified atom stereocenters. The highest BCUT2D eigenvalue weighted by atomic mass is 28.4. The SMILES string of the molecule is CCCCC[C@H](O[Si](C)(C)C)[C@@H](CO[Si](C)(C)C)O[Si](C)(C)C. The molecule has 0 aliphatic carbocycles. The van der Waals surface area contributed by atoms with Crippen molar-refractivity contribution in [3.05, 3.63) is 0 Å². The van der Waals surface area contributed by atoms with Crippen LogP contribution in [0.5, 0.6) is 0 Å². The van der Waals surface area contributed by atoms with Crippen molar-refractivity contribution in [2.45, 2.75) is 104 Å². The van der Waals surface area contributed by atoms with Crippen molar-refractivity contribution in [3.63, 3.8) is 0 Å². The van der Waals surface area contributed by atoms with E-state index in [1.165, 1.54) is 19.3 Å². The van der Waals surface area contributed by atoms with Gasteiger partial charge in [-0.15, -0.1) is 0 Å². The number of rotatable bonds is 12. The van der Waals surface area contributed by atoms with Crippen molar-refractivity contribution in [2.75, 3.05) is 6.61 Å². The van der Waals surface area contributed by atoms with Gasteiger partial charge in [0, 0.05) is 0 Å². The molecule has 0 amide bonds. The van der Waals surface area contributed by atoms with Gasteiger partial charge >= 0.3 is 0 Å². The summed E-state index contributed by atoms with van der Waals surface area (Å²) >= 11 is 0. The van der Waals surface area contributed by atoms with Crippen molar-refractivity contribution in [1.29, 1.82) is 0 Å². The van der Waals surface area contributed by atoms with Gasteiger partial charge < -0.3 is 13.3 Å². The van der Waals surface area contributed by atoms with Crippen molar-refractivity contribution in [2.24, 2.45) is 0 Å². The monoisotopic (exact) mass is 378 g/mol. The zero-order valence-corrected chi connectivity index (χ0v) is 20.4. The molecule has 0 bridgehead atoms. The fourth-order valence-electron chi connectivity index (χ4n) is 2.37. The molecule has 140 valence electrons. The molecule has 0 aromatic rings. The molecule has 0 heterocycles. The lowest BCUT2D eigenvalue weighted by Crippen LogP contribution is -2.48. The van der Waals surface area contributed by atoms with E-state index in [2.05, 4.69) is 65.8 Å². The van der Waals surface area contributed by atoms with Gasteiger partial charge in [0.25, 0.3) is 0 Å². The van der Waals surface area contributed by atoms with Gasteiger partial charge in [-0.05, 0) is 65.3 Å². The van der Waals surface area contributed by atoms with Crippen molar-refractivity contribution >= 4 is 25.0 Å². The summed E-state index contributed by atoms with van der Waals surface area (Å²) in [5.41, 5.74) is 0. The first kappa shape index (κ1) is 23.5. The molecular weight excluding hydrogens is 336 g/mol. The first-order valence-corrected chi connectivity index (χ1v) is 19.5. The second-order valence-electron chi connectivity index (χ2n) is 9.46. The summed E-state index contributed by atoms with van der Waals surface area (Å²) in [5, 5.41) is 0. The van der Waals surface area contributed by atoms with Gasteiger partial charge in [-0.25, -0.2) is 0 Å². The van der Waals surface area contributed by atoms with Gasteiger partial charge in [0.05, 0.1) is 18.8 Å². The third-order valence-electron chi connectivity index (χ3n) is 3.20. The first-order valence-electron chi connectivity index (χ1n) is 9.23. The van der Waals surface area contributed by atoms with Crippen LogP contribution in [-0.2, 0) is 13.3 Å². The normalized spacial score (nSPS) is 16.4. The van der Waals surface area contributed by atoms with E-state index < -0.39 is 25.0 Å². The van der Waals surface area contributed by atoms with E-state index in [9.17, 15) is 0 Å². The Balaban J connectivity index is 5.07. The van der Waals surface area contributed by atoms with E-state index >= 15 is 0 Å². The molecule has 3 nitrogen and oxygen atoms in total. The standard InChI is InChI=1S/C17H42O3Si3/c1-11-12-13-14-16(19-22(5,6)7)17(20-23(8,9)10)15-18-21(2,3)4/h16-17H,11-15H2,1-10H3/t16-,17+/m0/s1. The smallest absolute Gasteiger partial charge is 0.184 e. The van der Waals surface area contributed by atoms with Crippen LogP contribution in [0.4, 0.5) is 0 Å². The van der Waals surface area contributed by atoms with Crippen molar-refractivity contribution in [1.82, 2.24) is 0 Å². The number of unbranched alkanes of at least 4 members (excludes halogenated alkanes) is 2. The molecule has 0 N–H and O–H groups in total. The van der Waals surface area contributed by atoms with E-state index in [4.69, 9.17) is 13.3 Å². The largest absolute Gasteiger partial charge is 0.415 e. The quantitative estimate of drug-likeness (QED) is 0.314. The summed E-state index contributed by atoms with van der Waals surface area (Å²) < 4.78 is 19.2. The molecule has 0 radical (unpaired) electrons. The minimum Gasteiger partial charge on any atom is -0.415 e. The summed E-state index contributed by atoms with van der Waals surface area (Å²) in [6.45, 7) is 23.2. The van der Waals surface area contributed by atoms with Crippen LogP contribution in [0.1, 0.15) is 32.6 Å². The van der Waals surface area contributed by atoms with E-state index in [0.29, 0.717) is 6.61 Å². The third-order valence-corrected chi connectivity index (χ3v) is 6.25. The van der Waals surface area contributed by atoms with E-state index in [1.54, 1.807) is 0 Å². The molecule has 6 heteroatoms. The lowest BCUT2D eigenvalue weighted by molar-refractivity contribution is 0.00669. The molecule has 0 aromatic carbocycles. The van der Waals surface area contributed by atoms with E-state index in [-0.39, 0.29) is 12.2 Å². The van der Waals surface area contributed by atoms with Crippen LogP contribution in [0.15, 0.2) is 0 Å². The Morgan fingerprint density at radius 3 is 1.52 bits per heavy atom. The molecule has 0 aromatic heterocycles. The van der Waals surface area contributed by atoms with Gasteiger partial charge in [0.2, 0.25) is 0 Å². The second kappa shape index (κ2) is 9.87. The fourth-order valence-corrected chi connectivity index (χ4v) is 5.34. The lowest BCUT2D eigenvalue weighted by Gasteiger charge is -2.37. The van der Waals surface area contributed by atoms with Crippen molar-refractivity contribution in [3.8, 4) is 0 Å². The zero-order valence-electron chi connectivity index (χ0n) is 17.4. The number of hydrogen-bond donors (Lipinski definition) is 0. The summed E-state index contributed by atoms with van der Waals surface area (Å²) in [5.74, 6) is 0. The minimum atomic E-state index is -1.63. The van der Waals surface area contributed by atoms with Gasteiger partial charge in [-0.3, -0.25) is 0 Å². The Kier molecular flexibility index (Phi) is 10.1. The summed E-state index contributed by atoms with van der Waals surface area (Å²) in [6.07, 6.45) is 5.06. The Labute approximate surface area is 148 Å². The average molecular weight is 379 g/mol. The fraction of sp³-hybridized carbons (Fsp3) is 1.00. The molecule has 0 saturated carbocycles. The van der Waals surface area contributed by atoms with E-state index in [1.807, 2.05) is 0 Å². The molecule has 0 aliphatic rings. The van der Waals surface area contributed by atoms with Crippen molar-refractivity contribution < 1.29 is 13.3 Å². The van der Waals surface area contributed by atoms with Gasteiger partial charge in [0.1, 0.15) is 0 Å². The topological polar surface area (TPSA) is 27.7 Å². The second-order valence-corrected chi connectivity index (χ2v) is 22.9. The van der Waals surface area contributed by atoms with Crippen LogP contribution in [-0.4, -0.2) is 43.8 Å². The number of hydrogen-bond acceptors (Lipinski definition) is 3. The maximum absolute atomic E-state index is 6.53. The van der Waals surface area contributed by atoms with Crippen LogP contribution in [0.2, 0.25) is 58.9 Å². The Hall–Kier alpha value is 0.531. The van der Waals surface area contributed by atoms with Gasteiger partial charge in [-0.2, -0.15) is 0 Å².